The predicted octanol–water partition coefficient (Wildman–Crippen LogP) is -0.203. The van der Waals surface area contributed by atoms with Gasteiger partial charge in [0.1, 0.15) is 6.61 Å². The second kappa shape index (κ2) is 3.88. The molecular formula is C9H12O6. The molecule has 1 rings (SSSR count). The molecule has 6 nitrogen and oxygen atoms in total. The fourth-order valence-electron chi connectivity index (χ4n) is 1.34. The molecule has 1 heterocycles. The van der Waals surface area contributed by atoms with Crippen LogP contribution in [0.3, 0.4) is 0 Å². The van der Waals surface area contributed by atoms with E-state index in [0.29, 0.717) is 0 Å². The van der Waals surface area contributed by atoms with Crippen LogP contribution in [0.15, 0.2) is 0 Å². The Labute approximate surface area is 86.5 Å². The van der Waals surface area contributed by atoms with E-state index in [9.17, 15) is 14.4 Å². The summed E-state index contributed by atoms with van der Waals surface area (Å²) >= 11 is 0. The van der Waals surface area contributed by atoms with Crippen LogP contribution < -0.4 is 0 Å². The van der Waals surface area contributed by atoms with Gasteiger partial charge in [0.2, 0.25) is 5.60 Å². The molecule has 0 bridgehead atoms. The van der Waals surface area contributed by atoms with Crippen molar-refractivity contribution in [2.75, 3.05) is 6.61 Å². The van der Waals surface area contributed by atoms with Gasteiger partial charge >= 0.3 is 17.9 Å². The molecule has 0 radical (unpaired) electrons. The maximum absolute atomic E-state index is 11.3. The van der Waals surface area contributed by atoms with Crippen molar-refractivity contribution in [1.29, 1.82) is 0 Å². The molecule has 15 heavy (non-hydrogen) atoms. The summed E-state index contributed by atoms with van der Waals surface area (Å²) in [4.78, 5) is 32.9. The average Bonchev–Trinajstić information content (AvgIpc) is 2.31. The van der Waals surface area contributed by atoms with Crippen LogP contribution in [0.25, 0.3) is 0 Å². The van der Waals surface area contributed by atoms with E-state index >= 15 is 0 Å². The fraction of sp³-hybridized carbons (Fsp3) is 0.667. The first-order valence-electron chi connectivity index (χ1n) is 4.40. The molecule has 0 amide bonds. The standard InChI is InChI=1S/C9H12O6/c1-5(10)14-7-4-13-8(12)9(7,3)15-6(2)11/h7H,4H2,1-3H3. The van der Waals surface area contributed by atoms with Crippen LogP contribution in [0.1, 0.15) is 20.8 Å². The van der Waals surface area contributed by atoms with Crippen molar-refractivity contribution in [1.82, 2.24) is 0 Å². The van der Waals surface area contributed by atoms with Crippen LogP contribution >= 0.6 is 0 Å². The normalized spacial score (nSPS) is 29.5. The summed E-state index contributed by atoms with van der Waals surface area (Å²) in [6.07, 6.45) is -0.883. The topological polar surface area (TPSA) is 78.9 Å². The van der Waals surface area contributed by atoms with Gasteiger partial charge in [0.25, 0.3) is 0 Å². The Balaban J connectivity index is 2.83. The molecule has 1 saturated heterocycles. The molecule has 1 fully saturated rings. The Morgan fingerprint density at radius 3 is 2.47 bits per heavy atom. The van der Waals surface area contributed by atoms with Crippen LogP contribution in [0.5, 0.6) is 0 Å². The number of esters is 3. The van der Waals surface area contributed by atoms with Crippen molar-refractivity contribution >= 4 is 17.9 Å². The Kier molecular flexibility index (Phi) is 2.97. The lowest BCUT2D eigenvalue weighted by molar-refractivity contribution is -0.180. The van der Waals surface area contributed by atoms with E-state index in [-0.39, 0.29) is 6.61 Å². The highest BCUT2D eigenvalue weighted by Crippen LogP contribution is 2.27. The number of rotatable bonds is 2. The maximum Gasteiger partial charge on any atom is 0.354 e. The van der Waals surface area contributed by atoms with E-state index in [1.54, 1.807) is 0 Å². The van der Waals surface area contributed by atoms with Crippen molar-refractivity contribution < 1.29 is 28.6 Å². The minimum atomic E-state index is -1.53. The van der Waals surface area contributed by atoms with Crippen molar-refractivity contribution in [2.24, 2.45) is 0 Å². The van der Waals surface area contributed by atoms with Crippen LogP contribution in [-0.4, -0.2) is 36.2 Å². The second-order valence-electron chi connectivity index (χ2n) is 3.40. The molecule has 6 heteroatoms. The number of cyclic esters (lactones) is 1. The second-order valence-corrected chi connectivity index (χ2v) is 3.40. The minimum Gasteiger partial charge on any atom is -0.458 e. The van der Waals surface area contributed by atoms with Gasteiger partial charge in [-0.25, -0.2) is 4.79 Å². The van der Waals surface area contributed by atoms with E-state index in [1.165, 1.54) is 20.8 Å². The highest BCUT2D eigenvalue weighted by molar-refractivity contribution is 5.85. The fourth-order valence-corrected chi connectivity index (χ4v) is 1.34. The first-order valence-corrected chi connectivity index (χ1v) is 4.40. The van der Waals surface area contributed by atoms with Crippen LogP contribution in [0, 0.1) is 0 Å². The number of carbonyl (C=O) groups is 3. The first-order chi connectivity index (χ1) is 6.86. The molecule has 0 spiro atoms. The Hall–Kier alpha value is -1.59. The monoisotopic (exact) mass is 216 g/mol. The quantitative estimate of drug-likeness (QED) is 0.469. The smallest absolute Gasteiger partial charge is 0.354 e. The summed E-state index contributed by atoms with van der Waals surface area (Å²) in [6, 6.07) is 0. The van der Waals surface area contributed by atoms with Gasteiger partial charge in [-0.2, -0.15) is 0 Å². The van der Waals surface area contributed by atoms with Crippen molar-refractivity contribution in [3.05, 3.63) is 0 Å². The van der Waals surface area contributed by atoms with Gasteiger partial charge in [0.05, 0.1) is 0 Å². The molecule has 0 N–H and O–H groups in total. The van der Waals surface area contributed by atoms with E-state index in [4.69, 9.17) is 9.47 Å². The number of hydrogen-bond donors (Lipinski definition) is 0. The highest BCUT2D eigenvalue weighted by Gasteiger charge is 2.54. The lowest BCUT2D eigenvalue weighted by Crippen LogP contribution is -2.47. The third kappa shape index (κ3) is 2.26. The number of ether oxygens (including phenoxy) is 3. The summed E-state index contributed by atoms with van der Waals surface area (Å²) in [5.74, 6) is -1.89. The van der Waals surface area contributed by atoms with E-state index in [1.807, 2.05) is 0 Å². The van der Waals surface area contributed by atoms with Crippen LogP contribution in [0.4, 0.5) is 0 Å². The number of carbonyl (C=O) groups excluding carboxylic acids is 3. The molecule has 1 aliphatic heterocycles. The Morgan fingerprint density at radius 2 is 2.00 bits per heavy atom. The Bertz CT molecular complexity index is 310. The molecule has 2 unspecified atom stereocenters. The van der Waals surface area contributed by atoms with E-state index in [2.05, 4.69) is 4.74 Å². The van der Waals surface area contributed by atoms with Crippen molar-refractivity contribution in [3.8, 4) is 0 Å². The predicted molar refractivity (Wildman–Crippen MR) is 46.7 cm³/mol. The Morgan fingerprint density at radius 1 is 1.40 bits per heavy atom. The number of hydrogen-bond acceptors (Lipinski definition) is 6. The molecule has 0 saturated carbocycles. The van der Waals surface area contributed by atoms with Gasteiger partial charge < -0.3 is 14.2 Å². The lowest BCUT2D eigenvalue weighted by Gasteiger charge is -2.25. The zero-order valence-electron chi connectivity index (χ0n) is 8.73. The largest absolute Gasteiger partial charge is 0.458 e. The van der Waals surface area contributed by atoms with Crippen molar-refractivity contribution in [2.45, 2.75) is 32.5 Å². The van der Waals surface area contributed by atoms with Gasteiger partial charge in [-0.15, -0.1) is 0 Å². The van der Waals surface area contributed by atoms with Crippen molar-refractivity contribution in [3.63, 3.8) is 0 Å². The first kappa shape index (κ1) is 11.5. The highest BCUT2D eigenvalue weighted by atomic mass is 16.7. The van der Waals surface area contributed by atoms with E-state index in [0.717, 1.165) is 0 Å². The average molecular weight is 216 g/mol. The van der Waals surface area contributed by atoms with Gasteiger partial charge in [-0.3, -0.25) is 9.59 Å². The third-order valence-corrected chi connectivity index (χ3v) is 2.05. The summed E-state index contributed by atoms with van der Waals surface area (Å²) in [6.45, 7) is 3.64. The molecule has 0 aromatic heterocycles. The van der Waals surface area contributed by atoms with Gasteiger partial charge in [0, 0.05) is 13.8 Å². The van der Waals surface area contributed by atoms with Gasteiger partial charge in [-0.05, 0) is 6.92 Å². The SMILES string of the molecule is CC(=O)OC1COC(=O)C1(C)OC(C)=O. The maximum atomic E-state index is 11.3. The summed E-state index contributed by atoms with van der Waals surface area (Å²) in [5.41, 5.74) is -1.53. The molecule has 0 aromatic carbocycles. The third-order valence-electron chi connectivity index (χ3n) is 2.05. The molecule has 2 atom stereocenters. The molecular weight excluding hydrogens is 204 g/mol. The molecule has 0 aliphatic carbocycles. The van der Waals surface area contributed by atoms with Gasteiger partial charge in [0.15, 0.2) is 6.10 Å². The zero-order chi connectivity index (χ0) is 11.6. The van der Waals surface area contributed by atoms with Crippen LogP contribution in [-0.2, 0) is 28.6 Å². The summed E-state index contributed by atoms with van der Waals surface area (Å²) in [7, 11) is 0. The van der Waals surface area contributed by atoms with Gasteiger partial charge in [-0.1, -0.05) is 0 Å². The van der Waals surface area contributed by atoms with Crippen LogP contribution in [0.2, 0.25) is 0 Å². The van der Waals surface area contributed by atoms with E-state index < -0.39 is 29.6 Å². The molecule has 1 aliphatic rings. The molecule has 0 aromatic rings. The minimum absolute atomic E-state index is 0.0950. The zero-order valence-corrected chi connectivity index (χ0v) is 8.73. The summed E-state index contributed by atoms with van der Waals surface area (Å²) in [5, 5.41) is 0. The molecule has 84 valence electrons. The summed E-state index contributed by atoms with van der Waals surface area (Å²) < 4.78 is 14.4. The lowest BCUT2D eigenvalue weighted by atomic mass is 10.0.